The summed E-state index contributed by atoms with van der Waals surface area (Å²) in [5, 5.41) is 13.1. The number of hydrogen-bond donors (Lipinski definition) is 2. The van der Waals surface area contributed by atoms with Crippen LogP contribution >= 0.6 is 0 Å². The highest BCUT2D eigenvalue weighted by atomic mass is 16.3. The third-order valence-electron chi connectivity index (χ3n) is 3.69. The quantitative estimate of drug-likeness (QED) is 0.882. The molecule has 1 aliphatic heterocycles. The molecule has 1 saturated heterocycles. The molecule has 1 aromatic rings. The van der Waals surface area contributed by atoms with E-state index in [-0.39, 0.29) is 5.91 Å². The first-order valence-electron chi connectivity index (χ1n) is 7.23. The van der Waals surface area contributed by atoms with Crippen LogP contribution in [0, 0.1) is 0 Å². The Morgan fingerprint density at radius 1 is 1.45 bits per heavy atom. The van der Waals surface area contributed by atoms with E-state index >= 15 is 0 Å². The Labute approximate surface area is 120 Å². The number of hydrogen-bond acceptors (Lipinski definition) is 4. The molecular weight excluding hydrogens is 254 g/mol. The van der Waals surface area contributed by atoms with Crippen molar-refractivity contribution in [3.05, 3.63) is 24.0 Å². The normalized spacial score (nSPS) is 17.9. The number of nitrogens with one attached hydrogen (secondary N) is 1. The molecule has 0 spiro atoms. The zero-order valence-electron chi connectivity index (χ0n) is 12.2. The third-order valence-corrected chi connectivity index (χ3v) is 3.69. The summed E-state index contributed by atoms with van der Waals surface area (Å²) in [6.45, 7) is 5.99. The lowest BCUT2D eigenvalue weighted by atomic mass is 9.94. The summed E-state index contributed by atoms with van der Waals surface area (Å²) in [5.41, 5.74) is 0.761. The Morgan fingerprint density at radius 3 is 2.70 bits per heavy atom. The first-order valence-corrected chi connectivity index (χ1v) is 7.23. The van der Waals surface area contributed by atoms with E-state index in [2.05, 4.69) is 17.2 Å². The van der Waals surface area contributed by atoms with E-state index in [1.807, 2.05) is 13.0 Å². The van der Waals surface area contributed by atoms with Crippen molar-refractivity contribution in [2.45, 2.75) is 38.7 Å². The van der Waals surface area contributed by atoms with Crippen molar-refractivity contribution in [3.8, 4) is 0 Å². The van der Waals surface area contributed by atoms with Crippen LogP contribution in [0.5, 0.6) is 0 Å². The molecule has 110 valence electrons. The molecule has 1 aliphatic rings. The first-order chi connectivity index (χ1) is 9.52. The molecule has 1 amide bonds. The maximum atomic E-state index is 12.3. The van der Waals surface area contributed by atoms with Crippen molar-refractivity contribution in [2.24, 2.45) is 0 Å². The maximum absolute atomic E-state index is 12.3. The van der Waals surface area contributed by atoms with Crippen molar-refractivity contribution in [1.82, 2.24) is 9.88 Å². The largest absolute Gasteiger partial charge is 0.390 e. The third kappa shape index (κ3) is 3.70. The summed E-state index contributed by atoms with van der Waals surface area (Å²) < 4.78 is 0. The van der Waals surface area contributed by atoms with Crippen LogP contribution in [0.2, 0.25) is 0 Å². The Kier molecular flexibility index (Phi) is 4.60. The molecule has 2 rings (SSSR count). The lowest BCUT2D eigenvalue weighted by Crippen LogP contribution is -2.45. The van der Waals surface area contributed by atoms with Gasteiger partial charge in [-0.3, -0.25) is 4.79 Å². The van der Waals surface area contributed by atoms with E-state index in [0.29, 0.717) is 31.6 Å². The fraction of sp³-hybridized carbons (Fsp3) is 0.600. The number of pyridine rings is 1. The SMILES string of the molecule is CCCNc1ccc(C(=O)N2CCC(C)(O)CC2)nc1. The van der Waals surface area contributed by atoms with E-state index < -0.39 is 5.60 Å². The Bertz CT molecular complexity index is 447. The summed E-state index contributed by atoms with van der Waals surface area (Å²) in [5.74, 6) is -0.0532. The zero-order chi connectivity index (χ0) is 14.6. The van der Waals surface area contributed by atoms with Crippen molar-refractivity contribution < 1.29 is 9.90 Å². The number of aliphatic hydroxyl groups is 1. The Morgan fingerprint density at radius 2 is 2.15 bits per heavy atom. The highest BCUT2D eigenvalue weighted by Gasteiger charge is 2.30. The second-order valence-corrected chi connectivity index (χ2v) is 5.65. The molecule has 0 bridgehead atoms. The summed E-state index contributed by atoms with van der Waals surface area (Å²) >= 11 is 0. The topological polar surface area (TPSA) is 65.5 Å². The van der Waals surface area contributed by atoms with Gasteiger partial charge in [0, 0.05) is 19.6 Å². The van der Waals surface area contributed by atoms with Gasteiger partial charge in [-0.2, -0.15) is 0 Å². The predicted molar refractivity (Wildman–Crippen MR) is 78.8 cm³/mol. The smallest absolute Gasteiger partial charge is 0.272 e. The molecule has 0 unspecified atom stereocenters. The Hall–Kier alpha value is -1.62. The highest BCUT2D eigenvalue weighted by molar-refractivity contribution is 5.92. The number of carbonyl (C=O) groups is 1. The van der Waals surface area contributed by atoms with Crippen molar-refractivity contribution in [1.29, 1.82) is 0 Å². The van der Waals surface area contributed by atoms with Crippen LogP contribution < -0.4 is 5.32 Å². The monoisotopic (exact) mass is 277 g/mol. The molecule has 0 saturated carbocycles. The highest BCUT2D eigenvalue weighted by Crippen LogP contribution is 2.22. The van der Waals surface area contributed by atoms with Gasteiger partial charge in [0.25, 0.3) is 5.91 Å². The fourth-order valence-electron chi connectivity index (χ4n) is 2.25. The minimum absolute atomic E-state index is 0.0532. The van der Waals surface area contributed by atoms with Gasteiger partial charge in [-0.1, -0.05) is 6.92 Å². The van der Waals surface area contributed by atoms with Gasteiger partial charge in [0.05, 0.1) is 17.5 Å². The van der Waals surface area contributed by atoms with Gasteiger partial charge in [-0.25, -0.2) is 4.98 Å². The number of rotatable bonds is 4. The molecule has 2 heterocycles. The van der Waals surface area contributed by atoms with Crippen molar-refractivity contribution >= 4 is 11.6 Å². The van der Waals surface area contributed by atoms with E-state index in [4.69, 9.17) is 0 Å². The molecule has 1 aromatic heterocycles. The number of anilines is 1. The second kappa shape index (κ2) is 6.22. The second-order valence-electron chi connectivity index (χ2n) is 5.65. The number of amides is 1. The molecule has 2 N–H and O–H groups in total. The predicted octanol–water partition coefficient (Wildman–Crippen LogP) is 1.89. The summed E-state index contributed by atoms with van der Waals surface area (Å²) in [6.07, 6.45) is 3.99. The van der Waals surface area contributed by atoms with Crippen LogP contribution in [-0.4, -0.2) is 46.1 Å². The molecule has 0 aromatic carbocycles. The van der Waals surface area contributed by atoms with Crippen molar-refractivity contribution in [2.75, 3.05) is 25.0 Å². The summed E-state index contributed by atoms with van der Waals surface area (Å²) in [7, 11) is 0. The molecule has 20 heavy (non-hydrogen) atoms. The van der Waals surface area contributed by atoms with Crippen LogP contribution in [0.4, 0.5) is 5.69 Å². The van der Waals surface area contributed by atoms with Gasteiger partial charge >= 0.3 is 0 Å². The van der Waals surface area contributed by atoms with Gasteiger partial charge in [0.1, 0.15) is 5.69 Å². The van der Waals surface area contributed by atoms with Crippen LogP contribution in [0.15, 0.2) is 18.3 Å². The summed E-state index contributed by atoms with van der Waals surface area (Å²) in [6, 6.07) is 3.64. The lowest BCUT2D eigenvalue weighted by molar-refractivity contribution is -0.00219. The molecule has 0 atom stereocenters. The van der Waals surface area contributed by atoms with Gasteiger partial charge < -0.3 is 15.3 Å². The number of nitrogens with zero attached hydrogens (tertiary/aromatic N) is 2. The van der Waals surface area contributed by atoms with Gasteiger partial charge in [-0.15, -0.1) is 0 Å². The lowest BCUT2D eigenvalue weighted by Gasteiger charge is -2.35. The molecule has 0 aliphatic carbocycles. The van der Waals surface area contributed by atoms with E-state index in [1.165, 1.54) is 0 Å². The van der Waals surface area contributed by atoms with Gasteiger partial charge in [0.2, 0.25) is 0 Å². The van der Waals surface area contributed by atoms with Crippen LogP contribution in [-0.2, 0) is 0 Å². The average molecular weight is 277 g/mol. The average Bonchev–Trinajstić information content (AvgIpc) is 2.45. The summed E-state index contributed by atoms with van der Waals surface area (Å²) in [4.78, 5) is 18.3. The Balaban J connectivity index is 1.96. The standard InChI is InChI=1S/C15H23N3O2/c1-3-8-16-12-4-5-13(17-11-12)14(19)18-9-6-15(2,20)7-10-18/h4-5,11,16,20H,3,6-10H2,1-2H3. The van der Waals surface area contributed by atoms with Gasteiger partial charge in [0.15, 0.2) is 0 Å². The first kappa shape index (κ1) is 14.8. The van der Waals surface area contributed by atoms with E-state index in [9.17, 15) is 9.90 Å². The van der Waals surface area contributed by atoms with Crippen molar-refractivity contribution in [3.63, 3.8) is 0 Å². The van der Waals surface area contributed by atoms with Gasteiger partial charge in [-0.05, 0) is 38.3 Å². The van der Waals surface area contributed by atoms with Crippen LogP contribution in [0.3, 0.4) is 0 Å². The number of aromatic nitrogens is 1. The fourth-order valence-corrected chi connectivity index (χ4v) is 2.25. The van der Waals surface area contributed by atoms with Crippen LogP contribution in [0.1, 0.15) is 43.6 Å². The van der Waals surface area contributed by atoms with Crippen LogP contribution in [0.25, 0.3) is 0 Å². The molecule has 1 fully saturated rings. The molecule has 0 radical (unpaired) electrons. The number of likely N-dealkylation sites (tertiary alicyclic amines) is 1. The maximum Gasteiger partial charge on any atom is 0.272 e. The minimum Gasteiger partial charge on any atom is -0.390 e. The van der Waals surface area contributed by atoms with E-state index in [0.717, 1.165) is 18.7 Å². The minimum atomic E-state index is -0.641. The molecule has 5 nitrogen and oxygen atoms in total. The zero-order valence-corrected chi connectivity index (χ0v) is 12.2. The number of carbonyl (C=O) groups excluding carboxylic acids is 1. The number of piperidine rings is 1. The molecular formula is C15H23N3O2. The molecule has 5 heteroatoms. The van der Waals surface area contributed by atoms with E-state index in [1.54, 1.807) is 17.2 Å².